The summed E-state index contributed by atoms with van der Waals surface area (Å²) >= 11 is 5.74. The van der Waals surface area contributed by atoms with E-state index in [-0.39, 0.29) is 10.6 Å². The number of hydrogen-bond donors (Lipinski definition) is 1. The molecule has 0 aliphatic carbocycles. The molecule has 0 spiro atoms. The van der Waals surface area contributed by atoms with Gasteiger partial charge in [-0.25, -0.2) is 12.8 Å². The van der Waals surface area contributed by atoms with Crippen LogP contribution in [0.5, 0.6) is 0 Å². The second kappa shape index (κ2) is 5.19. The van der Waals surface area contributed by atoms with Gasteiger partial charge in [0.15, 0.2) is 0 Å². The standard InChI is InChI=1S/C13H11ClFNO2S/c1-9-5-6-13(12(15)7-9)16-19(17,18)11-4-2-3-10(14)8-11/h2-8,16H,1H3. The van der Waals surface area contributed by atoms with Gasteiger partial charge in [-0.15, -0.1) is 0 Å². The molecule has 2 aromatic carbocycles. The zero-order valence-corrected chi connectivity index (χ0v) is 11.6. The highest BCUT2D eigenvalue weighted by Gasteiger charge is 2.16. The summed E-state index contributed by atoms with van der Waals surface area (Å²) in [6.45, 7) is 1.72. The summed E-state index contributed by atoms with van der Waals surface area (Å²) in [5.41, 5.74) is 0.619. The van der Waals surface area contributed by atoms with E-state index in [1.807, 2.05) is 0 Å². The Balaban J connectivity index is 2.36. The van der Waals surface area contributed by atoms with E-state index in [0.29, 0.717) is 10.6 Å². The molecule has 0 bridgehead atoms. The maximum absolute atomic E-state index is 13.6. The van der Waals surface area contributed by atoms with Gasteiger partial charge in [0.05, 0.1) is 10.6 Å². The zero-order chi connectivity index (χ0) is 14.0. The Kier molecular flexibility index (Phi) is 3.78. The van der Waals surface area contributed by atoms with Crippen molar-refractivity contribution in [1.82, 2.24) is 0 Å². The Hall–Kier alpha value is -1.59. The number of rotatable bonds is 3. The minimum atomic E-state index is -3.85. The lowest BCUT2D eigenvalue weighted by Crippen LogP contribution is -2.14. The molecular formula is C13H11ClFNO2S. The van der Waals surface area contributed by atoms with E-state index >= 15 is 0 Å². The first kappa shape index (κ1) is 13.8. The molecule has 0 aromatic heterocycles. The normalized spacial score (nSPS) is 11.3. The summed E-state index contributed by atoms with van der Waals surface area (Å²) in [6.07, 6.45) is 0. The number of anilines is 1. The minimum Gasteiger partial charge on any atom is -0.277 e. The number of halogens is 2. The lowest BCUT2D eigenvalue weighted by molar-refractivity contribution is 0.598. The predicted molar refractivity (Wildman–Crippen MR) is 73.4 cm³/mol. The zero-order valence-electron chi connectivity index (χ0n) is 10.0. The van der Waals surface area contributed by atoms with Crippen molar-refractivity contribution >= 4 is 27.3 Å². The lowest BCUT2D eigenvalue weighted by atomic mass is 10.2. The molecule has 2 aromatic rings. The van der Waals surface area contributed by atoms with Gasteiger partial charge in [-0.05, 0) is 42.8 Å². The number of benzene rings is 2. The average Bonchev–Trinajstić information content (AvgIpc) is 2.33. The summed E-state index contributed by atoms with van der Waals surface area (Å²) in [5, 5.41) is 0.298. The summed E-state index contributed by atoms with van der Waals surface area (Å²) in [6, 6.07) is 10.0. The molecule has 1 N–H and O–H groups in total. The Bertz CT molecular complexity index is 716. The fourth-order valence-corrected chi connectivity index (χ4v) is 2.91. The Labute approximate surface area is 116 Å². The van der Waals surface area contributed by atoms with Crippen LogP contribution in [0.25, 0.3) is 0 Å². The number of sulfonamides is 1. The Morgan fingerprint density at radius 1 is 1.16 bits per heavy atom. The average molecular weight is 300 g/mol. The highest BCUT2D eigenvalue weighted by molar-refractivity contribution is 7.92. The molecule has 0 amide bonds. The van der Waals surface area contributed by atoms with Crippen LogP contribution >= 0.6 is 11.6 Å². The third kappa shape index (κ3) is 3.24. The van der Waals surface area contributed by atoms with Gasteiger partial charge in [-0.2, -0.15) is 0 Å². The third-order valence-corrected chi connectivity index (χ3v) is 4.07. The molecule has 0 atom stereocenters. The number of nitrogens with one attached hydrogen (secondary N) is 1. The van der Waals surface area contributed by atoms with Gasteiger partial charge in [0.25, 0.3) is 10.0 Å². The molecule has 0 aliphatic rings. The van der Waals surface area contributed by atoms with E-state index in [9.17, 15) is 12.8 Å². The monoisotopic (exact) mass is 299 g/mol. The van der Waals surface area contributed by atoms with Crippen LogP contribution < -0.4 is 4.72 Å². The quantitative estimate of drug-likeness (QED) is 0.941. The van der Waals surface area contributed by atoms with Crippen LogP contribution in [0.3, 0.4) is 0 Å². The minimum absolute atomic E-state index is 0.0139. The van der Waals surface area contributed by atoms with Crippen molar-refractivity contribution in [3.8, 4) is 0 Å². The fraction of sp³-hybridized carbons (Fsp3) is 0.0769. The second-order valence-corrected chi connectivity index (χ2v) is 6.17. The van der Waals surface area contributed by atoms with Gasteiger partial charge < -0.3 is 0 Å². The van der Waals surface area contributed by atoms with Crippen LogP contribution in [0, 0.1) is 12.7 Å². The molecule has 19 heavy (non-hydrogen) atoms. The highest BCUT2D eigenvalue weighted by atomic mass is 35.5. The van der Waals surface area contributed by atoms with E-state index in [2.05, 4.69) is 4.72 Å². The molecule has 0 heterocycles. The van der Waals surface area contributed by atoms with Crippen LogP contribution in [-0.4, -0.2) is 8.42 Å². The van der Waals surface area contributed by atoms with E-state index in [1.54, 1.807) is 19.1 Å². The van der Waals surface area contributed by atoms with Gasteiger partial charge in [-0.1, -0.05) is 23.7 Å². The maximum atomic E-state index is 13.6. The van der Waals surface area contributed by atoms with E-state index in [4.69, 9.17) is 11.6 Å². The van der Waals surface area contributed by atoms with Gasteiger partial charge in [0.1, 0.15) is 5.82 Å². The first-order valence-corrected chi connectivity index (χ1v) is 7.29. The Morgan fingerprint density at radius 2 is 1.89 bits per heavy atom. The summed E-state index contributed by atoms with van der Waals surface area (Å²) in [4.78, 5) is -0.0139. The smallest absolute Gasteiger partial charge is 0.262 e. The van der Waals surface area contributed by atoms with Crippen molar-refractivity contribution in [3.63, 3.8) is 0 Å². The molecule has 0 unspecified atom stereocenters. The van der Waals surface area contributed by atoms with Crippen LogP contribution in [0.2, 0.25) is 5.02 Å². The highest BCUT2D eigenvalue weighted by Crippen LogP contribution is 2.21. The van der Waals surface area contributed by atoms with Gasteiger partial charge in [0, 0.05) is 5.02 Å². The molecule has 3 nitrogen and oxygen atoms in total. The molecule has 0 radical (unpaired) electrons. The Morgan fingerprint density at radius 3 is 2.53 bits per heavy atom. The SMILES string of the molecule is Cc1ccc(NS(=O)(=O)c2cccc(Cl)c2)c(F)c1. The maximum Gasteiger partial charge on any atom is 0.262 e. The molecule has 2 rings (SSSR count). The van der Waals surface area contributed by atoms with Gasteiger partial charge in [0.2, 0.25) is 0 Å². The first-order chi connectivity index (χ1) is 8.88. The van der Waals surface area contributed by atoms with Gasteiger partial charge >= 0.3 is 0 Å². The van der Waals surface area contributed by atoms with Crippen molar-refractivity contribution in [2.75, 3.05) is 4.72 Å². The summed E-state index contributed by atoms with van der Waals surface area (Å²) in [7, 11) is -3.85. The van der Waals surface area contributed by atoms with E-state index in [1.165, 1.54) is 30.3 Å². The van der Waals surface area contributed by atoms with Crippen molar-refractivity contribution in [1.29, 1.82) is 0 Å². The number of hydrogen-bond acceptors (Lipinski definition) is 2. The fourth-order valence-electron chi connectivity index (χ4n) is 1.54. The van der Waals surface area contributed by atoms with Crippen LogP contribution in [0.15, 0.2) is 47.4 Å². The summed E-state index contributed by atoms with van der Waals surface area (Å²) < 4.78 is 39.9. The van der Waals surface area contributed by atoms with Crippen molar-refractivity contribution in [2.45, 2.75) is 11.8 Å². The van der Waals surface area contributed by atoms with Crippen LogP contribution in [0.1, 0.15) is 5.56 Å². The van der Waals surface area contributed by atoms with Crippen molar-refractivity contribution in [2.24, 2.45) is 0 Å². The summed E-state index contributed by atoms with van der Waals surface area (Å²) in [5.74, 6) is -0.620. The molecule has 0 fully saturated rings. The number of aryl methyl sites for hydroxylation is 1. The van der Waals surface area contributed by atoms with Crippen molar-refractivity contribution < 1.29 is 12.8 Å². The second-order valence-electron chi connectivity index (χ2n) is 4.05. The third-order valence-electron chi connectivity index (χ3n) is 2.48. The predicted octanol–water partition coefficient (Wildman–Crippen LogP) is 3.59. The van der Waals surface area contributed by atoms with Gasteiger partial charge in [-0.3, -0.25) is 4.72 Å². The first-order valence-electron chi connectivity index (χ1n) is 5.43. The molecule has 0 aliphatic heterocycles. The molecule has 100 valence electrons. The molecule has 0 saturated heterocycles. The van der Waals surface area contributed by atoms with E-state index in [0.717, 1.165) is 0 Å². The lowest BCUT2D eigenvalue weighted by Gasteiger charge is -2.09. The van der Waals surface area contributed by atoms with Crippen molar-refractivity contribution in [3.05, 3.63) is 58.9 Å². The molecule has 6 heteroatoms. The molecule has 0 saturated carbocycles. The molecular weight excluding hydrogens is 289 g/mol. The van der Waals surface area contributed by atoms with E-state index < -0.39 is 15.8 Å². The largest absolute Gasteiger partial charge is 0.277 e. The van der Waals surface area contributed by atoms with Crippen LogP contribution in [-0.2, 0) is 10.0 Å². The van der Waals surface area contributed by atoms with Crippen LogP contribution in [0.4, 0.5) is 10.1 Å². The topological polar surface area (TPSA) is 46.2 Å².